The number of hydrogen-bond acceptors (Lipinski definition) is 3. The van der Waals surface area contributed by atoms with Gasteiger partial charge in [-0.2, -0.15) is 0 Å². The van der Waals surface area contributed by atoms with Gasteiger partial charge in [-0.25, -0.2) is 14.1 Å². The molecule has 2 aromatic carbocycles. The van der Waals surface area contributed by atoms with Gasteiger partial charge in [0.1, 0.15) is 23.7 Å². The van der Waals surface area contributed by atoms with Crippen LogP contribution in [-0.4, -0.2) is 42.2 Å². The highest BCUT2D eigenvalue weighted by Gasteiger charge is 2.49. The summed E-state index contributed by atoms with van der Waals surface area (Å²) in [6.45, 7) is 2.78. The Morgan fingerprint density at radius 3 is 2.35 bits per heavy atom. The fourth-order valence-electron chi connectivity index (χ4n) is 4.14. The number of methoxy groups -OCH3 is 1. The number of rotatable bonds is 9. The Bertz CT molecular complexity index is 944. The van der Waals surface area contributed by atoms with Gasteiger partial charge < -0.3 is 15.0 Å². The molecule has 1 unspecified atom stereocenters. The van der Waals surface area contributed by atoms with E-state index in [0.717, 1.165) is 34.6 Å². The molecule has 1 aliphatic carbocycles. The minimum Gasteiger partial charge on any atom is -0.497 e. The average molecular weight is 427 g/mol. The Hall–Kier alpha value is -2.93. The minimum atomic E-state index is -0.915. The lowest BCUT2D eigenvalue weighted by molar-refractivity contribution is -0.931. The molecule has 31 heavy (non-hydrogen) atoms. The predicted octanol–water partition coefficient (Wildman–Crippen LogP) is 2.28. The fourth-order valence-corrected chi connectivity index (χ4v) is 4.14. The van der Waals surface area contributed by atoms with E-state index in [2.05, 4.69) is 5.32 Å². The van der Waals surface area contributed by atoms with E-state index < -0.39 is 5.54 Å². The van der Waals surface area contributed by atoms with Gasteiger partial charge in [-0.1, -0.05) is 24.3 Å². The van der Waals surface area contributed by atoms with Crippen molar-refractivity contribution in [2.45, 2.75) is 50.7 Å². The number of hydrogen-bond donors (Lipinski definition) is 2. The number of imide groups is 1. The van der Waals surface area contributed by atoms with Crippen molar-refractivity contribution in [2.75, 3.05) is 13.8 Å². The van der Waals surface area contributed by atoms with Crippen molar-refractivity contribution in [3.63, 3.8) is 0 Å². The zero-order chi connectivity index (χ0) is 22.0. The van der Waals surface area contributed by atoms with Gasteiger partial charge in [0.2, 0.25) is 0 Å². The maximum Gasteiger partial charge on any atom is 0.329 e. The first-order chi connectivity index (χ1) is 14.9. The molecule has 0 aromatic heterocycles. The van der Waals surface area contributed by atoms with E-state index in [0.29, 0.717) is 32.1 Å². The molecule has 0 bridgehead atoms. The Morgan fingerprint density at radius 1 is 1.10 bits per heavy atom. The SMILES string of the molecule is COc1ccc(CC[C@@]2(C)NC(=O)N(C[NH+](Cc3ccc(F)cc3)C3CC3)C2=O)cc1. The summed E-state index contributed by atoms with van der Waals surface area (Å²) in [5, 5.41) is 2.91. The van der Waals surface area contributed by atoms with Gasteiger partial charge in [0.15, 0.2) is 6.67 Å². The first-order valence-corrected chi connectivity index (χ1v) is 10.7. The molecule has 0 spiro atoms. The number of quaternary nitrogens is 1. The van der Waals surface area contributed by atoms with Crippen LogP contribution in [0.5, 0.6) is 5.75 Å². The summed E-state index contributed by atoms with van der Waals surface area (Å²) >= 11 is 0. The van der Waals surface area contributed by atoms with Crippen LogP contribution in [0.2, 0.25) is 0 Å². The maximum atomic E-state index is 13.2. The van der Waals surface area contributed by atoms with Gasteiger partial charge in [-0.3, -0.25) is 4.79 Å². The number of benzene rings is 2. The van der Waals surface area contributed by atoms with E-state index in [1.165, 1.54) is 17.0 Å². The lowest BCUT2D eigenvalue weighted by atomic mass is 9.93. The second kappa shape index (κ2) is 8.67. The molecular formula is C24H29FN3O3+. The van der Waals surface area contributed by atoms with Crippen LogP contribution in [0, 0.1) is 5.82 Å². The van der Waals surface area contributed by atoms with E-state index in [4.69, 9.17) is 4.74 Å². The Balaban J connectivity index is 1.40. The Labute approximate surface area is 182 Å². The quantitative estimate of drug-likeness (QED) is 0.605. The highest BCUT2D eigenvalue weighted by atomic mass is 19.1. The zero-order valence-corrected chi connectivity index (χ0v) is 18.0. The lowest BCUT2D eigenvalue weighted by Crippen LogP contribution is -3.13. The molecule has 1 saturated heterocycles. The van der Waals surface area contributed by atoms with Crippen molar-refractivity contribution < 1.29 is 23.6 Å². The molecule has 2 N–H and O–H groups in total. The molecular weight excluding hydrogens is 397 g/mol. The maximum absolute atomic E-state index is 13.2. The molecule has 3 amide bonds. The summed E-state index contributed by atoms with van der Waals surface area (Å²) in [6, 6.07) is 14.3. The van der Waals surface area contributed by atoms with Gasteiger partial charge >= 0.3 is 6.03 Å². The first kappa shape index (κ1) is 21.3. The van der Waals surface area contributed by atoms with Crippen LogP contribution < -0.4 is 15.0 Å². The zero-order valence-electron chi connectivity index (χ0n) is 18.0. The van der Waals surface area contributed by atoms with Gasteiger partial charge in [-0.15, -0.1) is 0 Å². The molecule has 4 rings (SSSR count). The summed E-state index contributed by atoms with van der Waals surface area (Å²) in [7, 11) is 1.63. The largest absolute Gasteiger partial charge is 0.497 e. The van der Waals surface area contributed by atoms with Crippen molar-refractivity contribution in [1.82, 2.24) is 10.2 Å². The number of nitrogens with zero attached hydrogens (tertiary/aromatic N) is 1. The molecule has 6 nitrogen and oxygen atoms in total. The lowest BCUT2D eigenvalue weighted by Gasteiger charge is -2.25. The van der Waals surface area contributed by atoms with E-state index in [9.17, 15) is 14.0 Å². The third kappa shape index (κ3) is 4.88. The number of amides is 3. The van der Waals surface area contributed by atoms with Crippen LogP contribution in [-0.2, 0) is 17.8 Å². The number of carbonyl (C=O) groups excluding carboxylic acids is 2. The molecule has 2 atom stereocenters. The molecule has 1 saturated carbocycles. The van der Waals surface area contributed by atoms with Crippen molar-refractivity contribution >= 4 is 11.9 Å². The number of carbonyl (C=O) groups is 2. The number of urea groups is 1. The van der Waals surface area contributed by atoms with Crippen molar-refractivity contribution in [3.05, 3.63) is 65.5 Å². The molecule has 2 aromatic rings. The molecule has 1 aliphatic heterocycles. The molecule has 0 radical (unpaired) electrons. The highest BCUT2D eigenvalue weighted by Crippen LogP contribution is 2.24. The number of ether oxygens (including phenoxy) is 1. The van der Waals surface area contributed by atoms with E-state index in [-0.39, 0.29) is 17.8 Å². The van der Waals surface area contributed by atoms with Crippen LogP contribution in [0.25, 0.3) is 0 Å². The Kier molecular flexibility index (Phi) is 5.96. The van der Waals surface area contributed by atoms with Crippen LogP contribution in [0.1, 0.15) is 37.3 Å². The average Bonchev–Trinajstić information content (AvgIpc) is 3.59. The molecule has 2 fully saturated rings. The Morgan fingerprint density at radius 2 is 1.74 bits per heavy atom. The highest BCUT2D eigenvalue weighted by molar-refractivity contribution is 6.06. The van der Waals surface area contributed by atoms with E-state index in [1.54, 1.807) is 26.2 Å². The normalized spacial score (nSPS) is 21.8. The minimum absolute atomic E-state index is 0.178. The monoisotopic (exact) mass is 426 g/mol. The smallest absolute Gasteiger partial charge is 0.329 e. The van der Waals surface area contributed by atoms with E-state index in [1.807, 2.05) is 24.3 Å². The fraction of sp³-hybridized carbons (Fsp3) is 0.417. The second-order valence-corrected chi connectivity index (χ2v) is 8.74. The third-order valence-corrected chi connectivity index (χ3v) is 6.28. The van der Waals surface area contributed by atoms with Crippen molar-refractivity contribution in [2.24, 2.45) is 0 Å². The summed E-state index contributed by atoms with van der Waals surface area (Å²) < 4.78 is 18.4. The van der Waals surface area contributed by atoms with Crippen molar-refractivity contribution in [1.29, 1.82) is 0 Å². The predicted molar refractivity (Wildman–Crippen MR) is 114 cm³/mol. The standard InChI is InChI=1S/C24H28FN3O3/c1-24(14-13-17-5-11-21(31-2)12-6-17)22(29)28(23(30)26-24)16-27(20-9-10-20)15-18-3-7-19(25)8-4-18/h3-8,11-12,20H,9-10,13-16H2,1-2H3,(H,26,30)/p+1/t24-/m1/s1. The van der Waals surface area contributed by atoms with Crippen LogP contribution in [0.15, 0.2) is 48.5 Å². The third-order valence-electron chi connectivity index (χ3n) is 6.28. The second-order valence-electron chi connectivity index (χ2n) is 8.74. The van der Waals surface area contributed by atoms with E-state index >= 15 is 0 Å². The molecule has 7 heteroatoms. The topological polar surface area (TPSA) is 63.1 Å². The van der Waals surface area contributed by atoms with Gasteiger partial charge in [-0.05, 0) is 49.6 Å². The van der Waals surface area contributed by atoms with Crippen molar-refractivity contribution in [3.8, 4) is 5.75 Å². The van der Waals surface area contributed by atoms with Gasteiger partial charge in [0.25, 0.3) is 5.91 Å². The number of aryl methyl sites for hydroxylation is 1. The summed E-state index contributed by atoms with van der Waals surface area (Å²) in [5.41, 5.74) is 1.17. The molecule has 1 heterocycles. The summed E-state index contributed by atoms with van der Waals surface area (Å²) in [5.74, 6) is 0.345. The van der Waals surface area contributed by atoms with Gasteiger partial charge in [0.05, 0.1) is 13.2 Å². The number of nitrogens with one attached hydrogen (secondary N) is 2. The number of halogens is 1. The summed E-state index contributed by atoms with van der Waals surface area (Å²) in [6.07, 6.45) is 3.36. The van der Waals surface area contributed by atoms with Gasteiger partial charge in [0, 0.05) is 18.4 Å². The molecule has 164 valence electrons. The van der Waals surface area contributed by atoms with Crippen LogP contribution in [0.4, 0.5) is 9.18 Å². The van der Waals surface area contributed by atoms with Crippen LogP contribution >= 0.6 is 0 Å². The summed E-state index contributed by atoms with van der Waals surface area (Å²) in [4.78, 5) is 28.4. The first-order valence-electron chi connectivity index (χ1n) is 10.7. The van der Waals surface area contributed by atoms with Crippen LogP contribution in [0.3, 0.4) is 0 Å². The molecule has 2 aliphatic rings.